The van der Waals surface area contributed by atoms with Crippen molar-refractivity contribution in [2.75, 3.05) is 0 Å². The molecule has 1 aromatic rings. The van der Waals surface area contributed by atoms with Gasteiger partial charge in [-0.15, -0.1) is 0 Å². The fraction of sp³-hybridized carbons (Fsp3) is 0.700. The number of hydrogen-bond donors (Lipinski definition) is 2. The number of nitrogens with one attached hydrogen (secondary N) is 1. The molecule has 2 N–H and O–H groups in total. The highest BCUT2D eigenvalue weighted by Gasteiger charge is 2.07. The summed E-state index contributed by atoms with van der Waals surface area (Å²) in [6, 6.07) is 0. The van der Waals surface area contributed by atoms with Gasteiger partial charge in [0.05, 0.1) is 6.10 Å². The molecule has 0 bridgehead atoms. The number of nitrogens with zero attached hydrogens (tertiary/aromatic N) is 1. The van der Waals surface area contributed by atoms with Gasteiger partial charge in [0.2, 0.25) is 0 Å². The normalized spacial score (nSPS) is 13.5. The van der Waals surface area contributed by atoms with E-state index in [-0.39, 0.29) is 6.10 Å². The number of rotatable bonds is 5. The Hall–Kier alpha value is -0.830. The highest BCUT2D eigenvalue weighted by molar-refractivity contribution is 4.89. The lowest BCUT2D eigenvalue weighted by Gasteiger charge is -2.10. The molecule has 0 saturated carbocycles. The zero-order valence-corrected chi connectivity index (χ0v) is 8.33. The third-order valence-corrected chi connectivity index (χ3v) is 2.06. The van der Waals surface area contributed by atoms with Gasteiger partial charge in [-0.25, -0.2) is 4.98 Å². The SMILES string of the molecule is CC(C)CCC(O)Cc1ncc[nH]1. The van der Waals surface area contributed by atoms with Crippen LogP contribution in [0.1, 0.15) is 32.5 Å². The topological polar surface area (TPSA) is 48.9 Å². The van der Waals surface area contributed by atoms with E-state index in [0.717, 1.165) is 18.7 Å². The number of aliphatic hydroxyl groups is 1. The Kier molecular flexibility index (Phi) is 3.96. The molecule has 1 heterocycles. The van der Waals surface area contributed by atoms with Crippen molar-refractivity contribution in [3.63, 3.8) is 0 Å². The van der Waals surface area contributed by atoms with Crippen molar-refractivity contribution in [2.45, 2.75) is 39.2 Å². The Morgan fingerprint density at radius 1 is 1.46 bits per heavy atom. The monoisotopic (exact) mass is 182 g/mol. The molecule has 0 amide bonds. The van der Waals surface area contributed by atoms with E-state index < -0.39 is 0 Å². The van der Waals surface area contributed by atoms with E-state index in [4.69, 9.17) is 0 Å². The minimum absolute atomic E-state index is 0.256. The lowest BCUT2D eigenvalue weighted by Crippen LogP contribution is -2.12. The van der Waals surface area contributed by atoms with E-state index in [1.54, 1.807) is 12.4 Å². The van der Waals surface area contributed by atoms with Crippen LogP contribution < -0.4 is 0 Å². The van der Waals surface area contributed by atoms with Crippen LogP contribution in [0.4, 0.5) is 0 Å². The summed E-state index contributed by atoms with van der Waals surface area (Å²) in [5.74, 6) is 1.53. The maximum absolute atomic E-state index is 9.61. The summed E-state index contributed by atoms with van der Waals surface area (Å²) in [5, 5.41) is 9.61. The molecular weight excluding hydrogens is 164 g/mol. The second-order valence-electron chi connectivity index (χ2n) is 3.87. The summed E-state index contributed by atoms with van der Waals surface area (Å²) >= 11 is 0. The van der Waals surface area contributed by atoms with Crippen LogP contribution in [-0.4, -0.2) is 21.2 Å². The number of aliphatic hydroxyl groups excluding tert-OH is 1. The zero-order chi connectivity index (χ0) is 9.68. The lowest BCUT2D eigenvalue weighted by molar-refractivity contribution is 0.155. The van der Waals surface area contributed by atoms with Gasteiger partial charge in [0.25, 0.3) is 0 Å². The van der Waals surface area contributed by atoms with Gasteiger partial charge in [-0.3, -0.25) is 0 Å². The van der Waals surface area contributed by atoms with Crippen molar-refractivity contribution in [2.24, 2.45) is 5.92 Å². The average Bonchev–Trinajstić information content (AvgIpc) is 2.53. The summed E-state index contributed by atoms with van der Waals surface area (Å²) in [6.07, 6.45) is 5.81. The highest BCUT2D eigenvalue weighted by Crippen LogP contribution is 2.09. The third-order valence-electron chi connectivity index (χ3n) is 2.06. The summed E-state index contributed by atoms with van der Waals surface area (Å²) in [7, 11) is 0. The number of aromatic nitrogens is 2. The molecule has 0 aliphatic carbocycles. The molecule has 0 spiro atoms. The number of H-pyrrole nitrogens is 1. The minimum Gasteiger partial charge on any atom is -0.393 e. The van der Waals surface area contributed by atoms with Crippen molar-refractivity contribution < 1.29 is 5.11 Å². The van der Waals surface area contributed by atoms with Gasteiger partial charge in [0.15, 0.2) is 0 Å². The standard InChI is InChI=1S/C10H18N2O/c1-8(2)3-4-9(13)7-10-11-5-6-12-10/h5-6,8-9,13H,3-4,7H2,1-2H3,(H,11,12). The third kappa shape index (κ3) is 4.08. The smallest absolute Gasteiger partial charge is 0.108 e. The first-order valence-electron chi connectivity index (χ1n) is 4.85. The fourth-order valence-corrected chi connectivity index (χ4v) is 1.26. The summed E-state index contributed by atoms with van der Waals surface area (Å²) in [6.45, 7) is 4.33. The van der Waals surface area contributed by atoms with E-state index in [9.17, 15) is 5.11 Å². The molecule has 3 heteroatoms. The molecule has 74 valence electrons. The molecule has 0 radical (unpaired) electrons. The molecule has 0 aliphatic heterocycles. The maximum atomic E-state index is 9.61. The average molecular weight is 182 g/mol. The molecule has 3 nitrogen and oxygen atoms in total. The van der Waals surface area contributed by atoms with Gasteiger partial charge >= 0.3 is 0 Å². The second kappa shape index (κ2) is 5.02. The van der Waals surface area contributed by atoms with Crippen molar-refractivity contribution >= 4 is 0 Å². The molecule has 1 rings (SSSR count). The van der Waals surface area contributed by atoms with Crippen LogP contribution in [0.15, 0.2) is 12.4 Å². The van der Waals surface area contributed by atoms with Crippen LogP contribution >= 0.6 is 0 Å². The van der Waals surface area contributed by atoms with E-state index >= 15 is 0 Å². The molecule has 0 saturated heterocycles. The largest absolute Gasteiger partial charge is 0.393 e. The molecular formula is C10H18N2O. The molecule has 0 aromatic carbocycles. The van der Waals surface area contributed by atoms with Crippen LogP contribution in [0, 0.1) is 5.92 Å². The van der Waals surface area contributed by atoms with E-state index in [0.29, 0.717) is 12.3 Å². The Morgan fingerprint density at radius 3 is 2.77 bits per heavy atom. The Labute approximate surface area is 79.2 Å². The van der Waals surface area contributed by atoms with Crippen molar-refractivity contribution in [3.05, 3.63) is 18.2 Å². The fourth-order valence-electron chi connectivity index (χ4n) is 1.26. The summed E-state index contributed by atoms with van der Waals surface area (Å²) in [5.41, 5.74) is 0. The first-order chi connectivity index (χ1) is 6.18. The van der Waals surface area contributed by atoms with Crippen LogP contribution in [0.5, 0.6) is 0 Å². The first-order valence-corrected chi connectivity index (χ1v) is 4.85. The Bertz CT molecular complexity index is 219. The van der Waals surface area contributed by atoms with Gasteiger partial charge < -0.3 is 10.1 Å². The van der Waals surface area contributed by atoms with Crippen LogP contribution in [0.3, 0.4) is 0 Å². The molecule has 13 heavy (non-hydrogen) atoms. The van der Waals surface area contributed by atoms with Crippen molar-refractivity contribution in [3.8, 4) is 0 Å². The highest BCUT2D eigenvalue weighted by atomic mass is 16.3. The van der Waals surface area contributed by atoms with E-state index in [1.807, 2.05) is 0 Å². The molecule has 0 aliphatic rings. The molecule has 1 aromatic heterocycles. The zero-order valence-electron chi connectivity index (χ0n) is 8.33. The van der Waals surface area contributed by atoms with Gasteiger partial charge in [0.1, 0.15) is 5.82 Å². The maximum Gasteiger partial charge on any atom is 0.108 e. The minimum atomic E-state index is -0.256. The molecule has 0 fully saturated rings. The van der Waals surface area contributed by atoms with Gasteiger partial charge in [-0.05, 0) is 18.8 Å². The van der Waals surface area contributed by atoms with Crippen LogP contribution in [0.2, 0.25) is 0 Å². The van der Waals surface area contributed by atoms with Crippen LogP contribution in [0.25, 0.3) is 0 Å². The lowest BCUT2D eigenvalue weighted by atomic mass is 10.0. The van der Waals surface area contributed by atoms with Gasteiger partial charge in [-0.2, -0.15) is 0 Å². The van der Waals surface area contributed by atoms with Crippen molar-refractivity contribution in [1.29, 1.82) is 0 Å². The number of hydrogen-bond acceptors (Lipinski definition) is 2. The predicted octanol–water partition coefficient (Wildman–Crippen LogP) is 1.75. The molecule has 1 unspecified atom stereocenters. The van der Waals surface area contributed by atoms with E-state index in [1.165, 1.54) is 0 Å². The van der Waals surface area contributed by atoms with Crippen molar-refractivity contribution in [1.82, 2.24) is 9.97 Å². The Balaban J connectivity index is 2.22. The van der Waals surface area contributed by atoms with E-state index in [2.05, 4.69) is 23.8 Å². The first kappa shape index (κ1) is 10.3. The number of aromatic amines is 1. The second-order valence-corrected chi connectivity index (χ2v) is 3.87. The quantitative estimate of drug-likeness (QED) is 0.728. The van der Waals surface area contributed by atoms with Crippen LogP contribution in [-0.2, 0) is 6.42 Å². The Morgan fingerprint density at radius 2 is 2.23 bits per heavy atom. The summed E-state index contributed by atoms with van der Waals surface area (Å²) < 4.78 is 0. The number of imidazole rings is 1. The van der Waals surface area contributed by atoms with Gasteiger partial charge in [0, 0.05) is 18.8 Å². The predicted molar refractivity (Wildman–Crippen MR) is 52.4 cm³/mol. The molecule has 1 atom stereocenters. The van der Waals surface area contributed by atoms with Gasteiger partial charge in [-0.1, -0.05) is 13.8 Å². The summed E-state index contributed by atoms with van der Waals surface area (Å²) in [4.78, 5) is 7.05.